The predicted octanol–water partition coefficient (Wildman–Crippen LogP) is 1.55. The molecule has 2 fully saturated rings. The average Bonchev–Trinajstić information content (AvgIpc) is 3.21. The Labute approximate surface area is 188 Å². The van der Waals surface area contributed by atoms with Gasteiger partial charge in [-0.15, -0.1) is 0 Å². The van der Waals surface area contributed by atoms with Gasteiger partial charge in [0.2, 0.25) is 15.9 Å². The van der Waals surface area contributed by atoms with E-state index < -0.39 is 40.0 Å². The van der Waals surface area contributed by atoms with Gasteiger partial charge in [0.05, 0.1) is 12.2 Å². The van der Waals surface area contributed by atoms with Crippen molar-refractivity contribution in [2.75, 3.05) is 13.1 Å². The average molecular weight is 466 g/mol. The first kappa shape index (κ1) is 24.2. The van der Waals surface area contributed by atoms with Crippen LogP contribution in [0.15, 0.2) is 30.3 Å². The van der Waals surface area contributed by atoms with Crippen LogP contribution in [0.3, 0.4) is 0 Å². The Morgan fingerprint density at radius 1 is 1.09 bits per heavy atom. The number of rotatable bonds is 8. The highest BCUT2D eigenvalue weighted by Crippen LogP contribution is 2.29. The molecule has 0 spiro atoms. The van der Waals surface area contributed by atoms with Gasteiger partial charge < -0.3 is 15.3 Å². The van der Waals surface area contributed by atoms with Crippen LogP contribution in [0, 0.1) is 5.92 Å². The van der Waals surface area contributed by atoms with Crippen molar-refractivity contribution >= 4 is 27.8 Å². The first-order valence-corrected chi connectivity index (χ1v) is 12.6. The summed E-state index contributed by atoms with van der Waals surface area (Å²) in [6.07, 6.45) is 3.09. The minimum atomic E-state index is -3.90. The molecule has 1 aromatic rings. The molecule has 2 aliphatic rings. The number of amides is 2. The van der Waals surface area contributed by atoms with E-state index in [1.807, 2.05) is 0 Å². The number of aliphatic carboxylic acids is 1. The third-order valence-electron chi connectivity index (χ3n) is 6.26. The predicted molar refractivity (Wildman–Crippen MR) is 118 cm³/mol. The number of hydrogen-bond acceptors (Lipinski definition) is 5. The highest BCUT2D eigenvalue weighted by Gasteiger charge is 2.45. The zero-order valence-electron chi connectivity index (χ0n) is 18.3. The van der Waals surface area contributed by atoms with E-state index in [0.29, 0.717) is 5.56 Å². The summed E-state index contributed by atoms with van der Waals surface area (Å²) < 4.78 is 27.4. The Balaban J connectivity index is 1.83. The number of hydrogen-bond donors (Lipinski definition) is 2. The SMILES string of the molecule is CC(=O)N1CCN(S(=O)(=O)Cc2ccccc2)C1C(=O)NC(CC(=O)O)C1CCCCC1. The maximum atomic E-state index is 13.3. The molecular formula is C22H31N3O6S. The second-order valence-electron chi connectivity index (χ2n) is 8.55. The Morgan fingerprint density at radius 3 is 2.34 bits per heavy atom. The van der Waals surface area contributed by atoms with E-state index in [4.69, 9.17) is 0 Å². The fourth-order valence-electron chi connectivity index (χ4n) is 4.68. The second kappa shape index (κ2) is 10.4. The fourth-order valence-corrected chi connectivity index (χ4v) is 6.34. The van der Waals surface area contributed by atoms with Crippen LogP contribution < -0.4 is 5.32 Å². The molecule has 1 saturated carbocycles. The Hall–Kier alpha value is -2.46. The van der Waals surface area contributed by atoms with Crippen molar-refractivity contribution in [3.8, 4) is 0 Å². The van der Waals surface area contributed by atoms with Crippen molar-refractivity contribution < 1.29 is 27.9 Å². The van der Waals surface area contributed by atoms with Crippen LogP contribution in [0.5, 0.6) is 0 Å². The van der Waals surface area contributed by atoms with E-state index in [-0.39, 0.29) is 31.2 Å². The number of carboxylic acids is 1. The smallest absolute Gasteiger partial charge is 0.305 e. The number of carbonyl (C=O) groups is 3. The Bertz CT molecular complexity index is 930. The summed E-state index contributed by atoms with van der Waals surface area (Å²) >= 11 is 0. The maximum absolute atomic E-state index is 13.3. The lowest BCUT2D eigenvalue weighted by atomic mass is 9.82. The van der Waals surface area contributed by atoms with Gasteiger partial charge in [-0.3, -0.25) is 14.4 Å². The highest BCUT2D eigenvalue weighted by atomic mass is 32.2. The number of nitrogens with one attached hydrogen (secondary N) is 1. The largest absolute Gasteiger partial charge is 0.481 e. The zero-order chi connectivity index (χ0) is 23.3. The van der Waals surface area contributed by atoms with Crippen LogP contribution in [0.2, 0.25) is 0 Å². The number of benzene rings is 1. The van der Waals surface area contributed by atoms with Gasteiger partial charge >= 0.3 is 5.97 Å². The van der Waals surface area contributed by atoms with E-state index in [9.17, 15) is 27.9 Å². The number of carbonyl (C=O) groups excluding carboxylic acids is 2. The van der Waals surface area contributed by atoms with E-state index in [1.54, 1.807) is 30.3 Å². The molecule has 3 rings (SSSR count). The quantitative estimate of drug-likeness (QED) is 0.600. The molecule has 0 bridgehead atoms. The molecule has 2 N–H and O–H groups in total. The standard InChI is InChI=1S/C22H31N3O6S/c1-16(26)24-12-13-25(32(30,31)15-17-8-4-2-5-9-17)22(24)21(29)23-19(14-20(27)28)18-10-6-3-7-11-18/h2,4-5,8-9,18-19,22H,3,6-7,10-15H2,1H3,(H,23,29)(H,27,28). The lowest BCUT2D eigenvalue weighted by Gasteiger charge is -2.33. The van der Waals surface area contributed by atoms with Gasteiger partial charge in [-0.2, -0.15) is 4.31 Å². The third-order valence-corrected chi connectivity index (χ3v) is 8.05. The van der Waals surface area contributed by atoms with Crippen molar-refractivity contribution in [2.45, 2.75) is 63.4 Å². The summed E-state index contributed by atoms with van der Waals surface area (Å²) in [6.45, 7) is 1.41. The van der Waals surface area contributed by atoms with Crippen molar-refractivity contribution in [1.82, 2.24) is 14.5 Å². The lowest BCUT2D eigenvalue weighted by molar-refractivity contribution is -0.141. The van der Waals surface area contributed by atoms with Crippen LogP contribution >= 0.6 is 0 Å². The molecule has 1 aliphatic heterocycles. The molecule has 32 heavy (non-hydrogen) atoms. The molecule has 176 valence electrons. The van der Waals surface area contributed by atoms with Gasteiger partial charge in [0.25, 0.3) is 5.91 Å². The summed E-state index contributed by atoms with van der Waals surface area (Å²) in [5, 5.41) is 12.1. The van der Waals surface area contributed by atoms with E-state index in [1.165, 1.54) is 11.8 Å². The summed E-state index contributed by atoms with van der Waals surface area (Å²) in [6, 6.07) is 8.04. The zero-order valence-corrected chi connectivity index (χ0v) is 19.1. The molecule has 0 radical (unpaired) electrons. The molecule has 1 heterocycles. The van der Waals surface area contributed by atoms with E-state index in [2.05, 4.69) is 5.32 Å². The van der Waals surface area contributed by atoms with Crippen LogP contribution in [-0.4, -0.2) is 65.8 Å². The van der Waals surface area contributed by atoms with E-state index in [0.717, 1.165) is 36.4 Å². The first-order chi connectivity index (χ1) is 15.2. The third kappa shape index (κ3) is 5.86. The van der Waals surface area contributed by atoms with Gasteiger partial charge in [-0.25, -0.2) is 8.42 Å². The van der Waals surface area contributed by atoms with Crippen LogP contribution in [-0.2, 0) is 30.2 Å². The van der Waals surface area contributed by atoms with Crippen LogP contribution in [0.25, 0.3) is 0 Å². The normalized spacial score (nSPS) is 21.3. The van der Waals surface area contributed by atoms with Gasteiger partial charge in [-0.05, 0) is 24.3 Å². The monoisotopic (exact) mass is 465 g/mol. The van der Waals surface area contributed by atoms with Crippen molar-refractivity contribution in [2.24, 2.45) is 5.92 Å². The molecule has 10 heteroatoms. The Morgan fingerprint density at radius 2 is 1.75 bits per heavy atom. The molecule has 0 aromatic heterocycles. The first-order valence-electron chi connectivity index (χ1n) is 11.0. The van der Waals surface area contributed by atoms with Gasteiger partial charge in [0, 0.05) is 26.1 Å². The van der Waals surface area contributed by atoms with Gasteiger partial charge in [-0.1, -0.05) is 49.6 Å². The molecule has 2 unspecified atom stereocenters. The summed E-state index contributed by atoms with van der Waals surface area (Å²) in [7, 11) is -3.90. The summed E-state index contributed by atoms with van der Waals surface area (Å²) in [4.78, 5) is 38.2. The van der Waals surface area contributed by atoms with Gasteiger partial charge in [0.1, 0.15) is 0 Å². The lowest BCUT2D eigenvalue weighted by Crippen LogP contribution is -2.56. The summed E-state index contributed by atoms with van der Waals surface area (Å²) in [5.41, 5.74) is 0.582. The van der Waals surface area contributed by atoms with Crippen LogP contribution in [0.4, 0.5) is 0 Å². The number of nitrogens with zero attached hydrogens (tertiary/aromatic N) is 2. The van der Waals surface area contributed by atoms with Crippen molar-refractivity contribution in [3.63, 3.8) is 0 Å². The van der Waals surface area contributed by atoms with Crippen molar-refractivity contribution in [3.05, 3.63) is 35.9 Å². The minimum Gasteiger partial charge on any atom is -0.481 e. The molecule has 1 saturated heterocycles. The fraction of sp³-hybridized carbons (Fsp3) is 0.591. The molecule has 2 atom stereocenters. The highest BCUT2D eigenvalue weighted by molar-refractivity contribution is 7.88. The Kier molecular flexibility index (Phi) is 7.89. The topological polar surface area (TPSA) is 124 Å². The molecule has 1 aromatic carbocycles. The van der Waals surface area contributed by atoms with E-state index >= 15 is 0 Å². The number of sulfonamides is 1. The van der Waals surface area contributed by atoms with Crippen molar-refractivity contribution in [1.29, 1.82) is 0 Å². The number of carboxylic acid groups (broad SMARTS) is 1. The molecule has 1 aliphatic carbocycles. The maximum Gasteiger partial charge on any atom is 0.305 e. The molecule has 9 nitrogen and oxygen atoms in total. The molecule has 2 amide bonds. The second-order valence-corrected chi connectivity index (χ2v) is 10.5. The summed E-state index contributed by atoms with van der Waals surface area (Å²) in [5.74, 6) is -2.35. The van der Waals surface area contributed by atoms with Crippen LogP contribution in [0.1, 0.15) is 51.0 Å². The minimum absolute atomic E-state index is 0.0137. The molecular weight excluding hydrogens is 434 g/mol. The van der Waals surface area contributed by atoms with Gasteiger partial charge in [0.15, 0.2) is 6.17 Å².